The van der Waals surface area contributed by atoms with Gasteiger partial charge in [-0.05, 0) is 36.4 Å². The van der Waals surface area contributed by atoms with Gasteiger partial charge in [0.15, 0.2) is 17.5 Å². The molecule has 11 aromatic rings. The number of hydrogen-bond acceptors (Lipinski definition) is 6. The fraction of sp³-hybridized carbons (Fsp3) is 0. The Hall–Kier alpha value is -7.56. The Bertz CT molecular complexity index is 3240. The predicted molar refractivity (Wildman–Crippen MR) is 210 cm³/mol. The van der Waals surface area contributed by atoms with Crippen LogP contribution in [0.25, 0.3) is 106 Å². The maximum absolute atomic E-state index is 11.1. The molecule has 0 aliphatic rings. The Morgan fingerprint density at radius 3 is 1.74 bits per heavy atom. The highest BCUT2D eigenvalue weighted by Crippen LogP contribution is 2.46. The molecule has 0 amide bonds. The molecule has 11 rings (SSSR count). The van der Waals surface area contributed by atoms with Crippen molar-refractivity contribution in [1.82, 2.24) is 19.5 Å². The van der Waals surface area contributed by atoms with Crippen molar-refractivity contribution >= 4 is 65.7 Å². The van der Waals surface area contributed by atoms with Crippen molar-refractivity contribution in [1.29, 1.82) is 5.26 Å². The lowest BCUT2D eigenvalue weighted by molar-refractivity contribution is 0.669. The minimum absolute atomic E-state index is 0.413. The number of rotatable bonds is 4. The summed E-state index contributed by atoms with van der Waals surface area (Å²) in [5, 5.41) is 16.9. The summed E-state index contributed by atoms with van der Waals surface area (Å²) in [6, 6.07) is 52.7. The van der Waals surface area contributed by atoms with Crippen molar-refractivity contribution in [2.24, 2.45) is 0 Å². The zero-order valence-corrected chi connectivity index (χ0v) is 28.0. The molecule has 0 aliphatic heterocycles. The number of hydrogen-bond donors (Lipinski definition) is 0. The number of aromatic nitrogens is 4. The van der Waals surface area contributed by atoms with E-state index in [1.807, 2.05) is 121 Å². The van der Waals surface area contributed by atoms with Gasteiger partial charge in [-0.3, -0.25) is 0 Å². The largest absolute Gasteiger partial charge is 0.455 e. The number of furan rings is 2. The normalized spacial score (nSPS) is 11.8. The van der Waals surface area contributed by atoms with Crippen LogP contribution in [0.5, 0.6) is 0 Å². The summed E-state index contributed by atoms with van der Waals surface area (Å²) in [6.07, 6.45) is 0. The topological polar surface area (TPSA) is 93.7 Å². The average Bonchev–Trinajstić information content (AvgIpc) is 3.91. The first-order valence-electron chi connectivity index (χ1n) is 17.3. The lowest BCUT2D eigenvalue weighted by Gasteiger charge is -2.14. The second-order valence-corrected chi connectivity index (χ2v) is 13.1. The fourth-order valence-corrected chi connectivity index (χ4v) is 7.77. The number of fused-ring (bicyclic) bond motifs is 10. The molecule has 0 unspecified atom stereocenters. The first-order valence-corrected chi connectivity index (χ1v) is 17.3. The number of nitriles is 1. The van der Waals surface area contributed by atoms with Crippen molar-refractivity contribution in [2.45, 2.75) is 0 Å². The van der Waals surface area contributed by atoms with E-state index in [0.717, 1.165) is 71.3 Å². The van der Waals surface area contributed by atoms with Gasteiger partial charge < -0.3 is 13.4 Å². The van der Waals surface area contributed by atoms with Gasteiger partial charge in [-0.25, -0.2) is 15.0 Å². The van der Waals surface area contributed by atoms with Crippen molar-refractivity contribution in [3.63, 3.8) is 0 Å². The first-order chi connectivity index (χ1) is 26.2. The van der Waals surface area contributed by atoms with Crippen LogP contribution in [0, 0.1) is 11.3 Å². The van der Waals surface area contributed by atoms with E-state index in [1.165, 1.54) is 0 Å². The molecular weight excluding hydrogens is 655 g/mol. The zero-order chi connectivity index (χ0) is 35.0. The highest BCUT2D eigenvalue weighted by atomic mass is 16.3. The fourth-order valence-electron chi connectivity index (χ4n) is 7.77. The Kier molecular flexibility index (Phi) is 6.18. The Morgan fingerprint density at radius 1 is 0.472 bits per heavy atom. The van der Waals surface area contributed by atoms with Crippen LogP contribution < -0.4 is 0 Å². The van der Waals surface area contributed by atoms with Gasteiger partial charge in [-0.1, -0.05) is 115 Å². The summed E-state index contributed by atoms with van der Waals surface area (Å²) >= 11 is 0. The van der Waals surface area contributed by atoms with Crippen LogP contribution in [0.1, 0.15) is 5.56 Å². The molecule has 0 radical (unpaired) electrons. The summed E-state index contributed by atoms with van der Waals surface area (Å²) in [5.41, 5.74) is 8.29. The van der Waals surface area contributed by atoms with E-state index in [9.17, 15) is 5.26 Å². The molecule has 246 valence electrons. The van der Waals surface area contributed by atoms with Crippen LogP contribution in [0.2, 0.25) is 0 Å². The van der Waals surface area contributed by atoms with Gasteiger partial charge in [0.25, 0.3) is 0 Å². The molecule has 0 aliphatic carbocycles. The van der Waals surface area contributed by atoms with E-state index in [1.54, 1.807) is 0 Å². The third-order valence-electron chi connectivity index (χ3n) is 10.1. The van der Waals surface area contributed by atoms with Gasteiger partial charge in [0.1, 0.15) is 28.4 Å². The Morgan fingerprint density at radius 2 is 1.04 bits per heavy atom. The molecule has 0 saturated heterocycles. The van der Waals surface area contributed by atoms with Crippen molar-refractivity contribution in [2.75, 3.05) is 0 Å². The Labute approximate surface area is 301 Å². The highest BCUT2D eigenvalue weighted by Gasteiger charge is 2.27. The van der Waals surface area contributed by atoms with E-state index in [0.29, 0.717) is 39.8 Å². The minimum Gasteiger partial charge on any atom is -0.455 e. The third-order valence-corrected chi connectivity index (χ3v) is 10.1. The molecule has 4 aromatic heterocycles. The molecule has 0 saturated carbocycles. The van der Waals surface area contributed by atoms with E-state index < -0.39 is 0 Å². The molecule has 0 fully saturated rings. The van der Waals surface area contributed by atoms with Gasteiger partial charge in [-0.15, -0.1) is 0 Å². The predicted octanol–water partition coefficient (Wildman–Crippen LogP) is 11.6. The zero-order valence-electron chi connectivity index (χ0n) is 28.0. The van der Waals surface area contributed by atoms with Gasteiger partial charge >= 0.3 is 0 Å². The summed E-state index contributed by atoms with van der Waals surface area (Å²) < 4.78 is 15.5. The van der Waals surface area contributed by atoms with E-state index in [-0.39, 0.29) is 0 Å². The van der Waals surface area contributed by atoms with Crippen molar-refractivity contribution < 1.29 is 8.83 Å². The third kappa shape index (κ3) is 4.30. The second-order valence-electron chi connectivity index (χ2n) is 13.1. The summed E-state index contributed by atoms with van der Waals surface area (Å²) in [6.45, 7) is 0. The summed E-state index contributed by atoms with van der Waals surface area (Å²) in [4.78, 5) is 15.0. The maximum Gasteiger partial charge on any atom is 0.167 e. The lowest BCUT2D eigenvalue weighted by Crippen LogP contribution is -2.03. The molecule has 0 N–H and O–H groups in total. The first kappa shape index (κ1) is 29.2. The number of benzene rings is 7. The molecular formula is C46H25N5O2. The minimum atomic E-state index is 0.413. The average molecular weight is 680 g/mol. The van der Waals surface area contributed by atoms with Gasteiger partial charge in [0.05, 0.1) is 38.6 Å². The van der Waals surface area contributed by atoms with Crippen LogP contribution in [-0.2, 0) is 0 Å². The monoisotopic (exact) mass is 679 g/mol. The number of para-hydroxylation sites is 3. The van der Waals surface area contributed by atoms with Crippen molar-refractivity contribution in [3.8, 4) is 45.9 Å². The SMILES string of the molecule is N#Cc1cc(-c2nc(-c3ccccc3)nc(-c3ccccc3)n2)c2oc3ccccc3c2c1-n1c2ccccc2c2c3oc4ccccc4c3ccc21. The quantitative estimate of drug-likeness (QED) is 0.184. The van der Waals surface area contributed by atoms with Crippen LogP contribution in [-0.4, -0.2) is 19.5 Å². The molecule has 7 heteroatoms. The van der Waals surface area contributed by atoms with Crippen LogP contribution in [0.4, 0.5) is 0 Å². The van der Waals surface area contributed by atoms with Gasteiger partial charge in [-0.2, -0.15) is 5.26 Å². The molecule has 7 aromatic carbocycles. The molecule has 7 nitrogen and oxygen atoms in total. The smallest absolute Gasteiger partial charge is 0.167 e. The maximum atomic E-state index is 11.1. The Balaban J connectivity index is 1.27. The summed E-state index contributed by atoms with van der Waals surface area (Å²) in [7, 11) is 0. The molecule has 4 heterocycles. The van der Waals surface area contributed by atoms with Gasteiger partial charge in [0.2, 0.25) is 0 Å². The summed E-state index contributed by atoms with van der Waals surface area (Å²) in [5.74, 6) is 1.47. The molecule has 0 bridgehead atoms. The van der Waals surface area contributed by atoms with Crippen LogP contribution in [0.15, 0.2) is 160 Å². The lowest BCUT2D eigenvalue weighted by atomic mass is 10.0. The van der Waals surface area contributed by atoms with E-state index in [4.69, 9.17) is 23.8 Å². The standard InChI is InChI=1S/C46H25N5O2/c47-26-29-25-34(46-49-44(27-13-3-1-4-14-27)48-45(50-46)28-15-5-2-6-16-28)43-40(33-19-9-12-22-38(33)53-43)41(29)51-35-20-10-7-18-32(35)39-36(51)24-23-31-30-17-8-11-21-37(30)52-42(31)39/h1-25H. The molecule has 53 heavy (non-hydrogen) atoms. The van der Waals surface area contributed by atoms with E-state index in [2.05, 4.69) is 41.0 Å². The highest BCUT2D eigenvalue weighted by molar-refractivity contribution is 6.25. The van der Waals surface area contributed by atoms with E-state index >= 15 is 0 Å². The van der Waals surface area contributed by atoms with Crippen LogP contribution in [0.3, 0.4) is 0 Å². The number of nitrogens with zero attached hydrogens (tertiary/aromatic N) is 5. The molecule has 0 spiro atoms. The second kappa shape index (κ2) is 11.2. The van der Waals surface area contributed by atoms with Crippen molar-refractivity contribution in [3.05, 3.63) is 157 Å². The molecule has 0 atom stereocenters. The van der Waals surface area contributed by atoms with Crippen LogP contribution >= 0.6 is 0 Å². The van der Waals surface area contributed by atoms with Gasteiger partial charge in [0, 0.05) is 32.7 Å².